The summed E-state index contributed by atoms with van der Waals surface area (Å²) < 4.78 is 0. The van der Waals surface area contributed by atoms with Crippen LogP contribution in [0.5, 0.6) is 0 Å². The lowest BCUT2D eigenvalue weighted by Crippen LogP contribution is -2.49. The lowest BCUT2D eigenvalue weighted by atomic mass is 9.92. The smallest absolute Gasteiger partial charge is 0.227 e. The first-order valence-electron chi connectivity index (χ1n) is 8.61. The molecule has 0 aromatic carbocycles. The molecule has 0 aliphatic carbocycles. The van der Waals surface area contributed by atoms with E-state index >= 15 is 0 Å². The highest BCUT2D eigenvalue weighted by atomic mass is 127. The zero-order chi connectivity index (χ0) is 16.8. The van der Waals surface area contributed by atoms with E-state index in [1.165, 1.54) is 6.42 Å². The number of halogens is 1. The van der Waals surface area contributed by atoms with Gasteiger partial charge in [-0.25, -0.2) is 0 Å². The van der Waals surface area contributed by atoms with Gasteiger partial charge < -0.3 is 15.5 Å². The van der Waals surface area contributed by atoms with E-state index in [0.717, 1.165) is 25.6 Å². The summed E-state index contributed by atoms with van der Waals surface area (Å²) in [6, 6.07) is 0. The fourth-order valence-electron chi connectivity index (χ4n) is 3.01. The zero-order valence-electron chi connectivity index (χ0n) is 15.6. The van der Waals surface area contributed by atoms with Gasteiger partial charge in [0.1, 0.15) is 0 Å². The van der Waals surface area contributed by atoms with Crippen molar-refractivity contribution < 1.29 is 4.79 Å². The number of rotatable bonds is 5. The maximum Gasteiger partial charge on any atom is 0.227 e. The summed E-state index contributed by atoms with van der Waals surface area (Å²) in [6.07, 6.45) is 1.28. The second-order valence-electron chi connectivity index (χ2n) is 7.26. The van der Waals surface area contributed by atoms with Gasteiger partial charge in [-0.05, 0) is 46.0 Å². The van der Waals surface area contributed by atoms with Crippen molar-refractivity contribution in [2.75, 3.05) is 32.7 Å². The molecule has 23 heavy (non-hydrogen) atoms. The van der Waals surface area contributed by atoms with Crippen LogP contribution in [0.15, 0.2) is 4.99 Å². The van der Waals surface area contributed by atoms with Gasteiger partial charge in [0.25, 0.3) is 0 Å². The van der Waals surface area contributed by atoms with Gasteiger partial charge in [0, 0.05) is 26.2 Å². The Hall–Kier alpha value is -0.530. The number of nitrogens with zero attached hydrogens (tertiary/aromatic N) is 2. The third-order valence-corrected chi connectivity index (χ3v) is 4.08. The molecule has 2 N–H and O–H groups in total. The predicted octanol–water partition coefficient (Wildman–Crippen LogP) is 2.71. The molecule has 136 valence electrons. The highest BCUT2D eigenvalue weighted by Gasteiger charge is 2.28. The highest BCUT2D eigenvalue weighted by molar-refractivity contribution is 14.0. The Kier molecular flexibility index (Phi) is 10.1. The van der Waals surface area contributed by atoms with Gasteiger partial charge in [-0.15, -0.1) is 24.0 Å². The number of hydrogen-bond acceptors (Lipinski definition) is 2. The van der Waals surface area contributed by atoms with Gasteiger partial charge in [0.15, 0.2) is 5.96 Å². The van der Waals surface area contributed by atoms with E-state index in [2.05, 4.69) is 36.3 Å². The molecule has 1 amide bonds. The second-order valence-corrected chi connectivity index (χ2v) is 7.26. The summed E-state index contributed by atoms with van der Waals surface area (Å²) in [5, 5.41) is 6.27. The van der Waals surface area contributed by atoms with Crippen molar-refractivity contribution >= 4 is 35.8 Å². The number of hydrogen-bond donors (Lipinski definition) is 2. The number of nitrogens with one attached hydrogen (secondary N) is 2. The van der Waals surface area contributed by atoms with Gasteiger partial charge in [-0.1, -0.05) is 13.8 Å². The molecule has 0 bridgehead atoms. The Morgan fingerprint density at radius 3 is 2.13 bits per heavy atom. The van der Waals surface area contributed by atoms with Gasteiger partial charge in [-0.3, -0.25) is 9.79 Å². The van der Waals surface area contributed by atoms with E-state index in [4.69, 9.17) is 4.99 Å². The topological polar surface area (TPSA) is 56.7 Å². The van der Waals surface area contributed by atoms with Crippen LogP contribution in [0.4, 0.5) is 0 Å². The molecule has 0 radical (unpaired) electrons. The van der Waals surface area contributed by atoms with Gasteiger partial charge >= 0.3 is 0 Å². The zero-order valence-corrected chi connectivity index (χ0v) is 17.9. The van der Waals surface area contributed by atoms with Crippen molar-refractivity contribution in [3.63, 3.8) is 0 Å². The SMILES string of the molecule is CCNC(=O)C(C)(C)CN=C(NCC)N1CC(C)CC(C)C1.I. The summed E-state index contributed by atoms with van der Waals surface area (Å²) in [5.41, 5.74) is -0.482. The molecule has 1 fully saturated rings. The third-order valence-electron chi connectivity index (χ3n) is 4.08. The fourth-order valence-corrected chi connectivity index (χ4v) is 3.01. The molecule has 0 saturated carbocycles. The van der Waals surface area contributed by atoms with Gasteiger partial charge in [-0.2, -0.15) is 0 Å². The number of aliphatic imine (C=N–C) groups is 1. The summed E-state index contributed by atoms with van der Waals surface area (Å²) in [5.74, 6) is 2.38. The monoisotopic (exact) mass is 438 g/mol. The molecular formula is C17H35IN4O. The first-order chi connectivity index (χ1) is 10.3. The highest BCUT2D eigenvalue weighted by Crippen LogP contribution is 2.21. The average Bonchev–Trinajstić information content (AvgIpc) is 2.42. The third kappa shape index (κ3) is 7.27. The van der Waals surface area contributed by atoms with E-state index in [9.17, 15) is 4.79 Å². The summed E-state index contributed by atoms with van der Waals surface area (Å²) in [4.78, 5) is 19.2. The van der Waals surface area contributed by atoms with Crippen molar-refractivity contribution in [2.24, 2.45) is 22.2 Å². The lowest BCUT2D eigenvalue weighted by Gasteiger charge is -2.37. The number of guanidine groups is 1. The van der Waals surface area contributed by atoms with Gasteiger partial charge in [0.05, 0.1) is 12.0 Å². The lowest BCUT2D eigenvalue weighted by molar-refractivity contribution is -0.128. The van der Waals surface area contributed by atoms with E-state index in [0.29, 0.717) is 24.9 Å². The van der Waals surface area contributed by atoms with Crippen LogP contribution in [0.2, 0.25) is 0 Å². The van der Waals surface area contributed by atoms with Crippen molar-refractivity contribution in [1.29, 1.82) is 0 Å². The van der Waals surface area contributed by atoms with Crippen LogP contribution >= 0.6 is 24.0 Å². The summed E-state index contributed by atoms with van der Waals surface area (Å²) >= 11 is 0. The first kappa shape index (κ1) is 22.5. The molecular weight excluding hydrogens is 403 g/mol. The largest absolute Gasteiger partial charge is 0.357 e. The van der Waals surface area contributed by atoms with E-state index in [1.54, 1.807) is 0 Å². The van der Waals surface area contributed by atoms with Crippen molar-refractivity contribution in [2.45, 2.75) is 48.0 Å². The van der Waals surface area contributed by atoms with Crippen LogP contribution in [0.3, 0.4) is 0 Å². The van der Waals surface area contributed by atoms with E-state index in [-0.39, 0.29) is 29.9 Å². The van der Waals surface area contributed by atoms with E-state index < -0.39 is 5.41 Å². The average molecular weight is 438 g/mol. The maximum atomic E-state index is 12.1. The fraction of sp³-hybridized carbons (Fsp3) is 0.882. The Balaban J connectivity index is 0.00000484. The van der Waals surface area contributed by atoms with Crippen molar-refractivity contribution in [1.82, 2.24) is 15.5 Å². The molecule has 1 rings (SSSR count). The minimum Gasteiger partial charge on any atom is -0.357 e. The minimum atomic E-state index is -0.482. The quantitative estimate of drug-likeness (QED) is 0.394. The normalized spacial score (nSPS) is 22.3. The standard InChI is InChI=1S/C17H34N4O.HI/c1-7-18-15(22)17(5,6)12-20-16(19-8-2)21-10-13(3)9-14(4)11-21;/h13-14H,7-12H2,1-6H3,(H,18,22)(H,19,20);1H. The van der Waals surface area contributed by atoms with Crippen molar-refractivity contribution in [3.8, 4) is 0 Å². The molecule has 5 nitrogen and oxygen atoms in total. The Morgan fingerprint density at radius 1 is 1.13 bits per heavy atom. The molecule has 1 saturated heterocycles. The molecule has 2 atom stereocenters. The molecule has 6 heteroatoms. The predicted molar refractivity (Wildman–Crippen MR) is 108 cm³/mol. The first-order valence-corrected chi connectivity index (χ1v) is 8.61. The molecule has 1 heterocycles. The van der Waals surface area contributed by atoms with Crippen molar-refractivity contribution in [3.05, 3.63) is 0 Å². The van der Waals surface area contributed by atoms with Crippen LogP contribution < -0.4 is 10.6 Å². The Morgan fingerprint density at radius 2 is 1.65 bits per heavy atom. The molecule has 1 aliphatic heterocycles. The van der Waals surface area contributed by atoms with Crippen LogP contribution in [0.1, 0.15) is 48.0 Å². The molecule has 0 aromatic heterocycles. The van der Waals surface area contributed by atoms with Gasteiger partial charge in [0.2, 0.25) is 5.91 Å². The van der Waals surface area contributed by atoms with Crippen LogP contribution in [0.25, 0.3) is 0 Å². The summed E-state index contributed by atoms with van der Waals surface area (Å²) in [6.45, 7) is 16.6. The second kappa shape index (κ2) is 10.4. The number of carbonyl (C=O) groups excluding carboxylic acids is 1. The molecule has 0 aromatic rings. The number of piperidine rings is 1. The van der Waals surface area contributed by atoms with E-state index in [1.807, 2.05) is 20.8 Å². The number of carbonyl (C=O) groups is 1. The number of likely N-dealkylation sites (tertiary alicyclic amines) is 1. The Bertz CT molecular complexity index is 388. The van der Waals surface area contributed by atoms with Crippen LogP contribution in [-0.4, -0.2) is 49.5 Å². The summed E-state index contributed by atoms with van der Waals surface area (Å²) in [7, 11) is 0. The van der Waals surface area contributed by atoms with Crippen LogP contribution in [0, 0.1) is 17.3 Å². The number of amides is 1. The molecule has 0 spiro atoms. The molecule has 1 aliphatic rings. The Labute approximate surface area is 159 Å². The molecule has 2 unspecified atom stereocenters. The minimum absolute atomic E-state index is 0. The maximum absolute atomic E-state index is 12.1. The van der Waals surface area contributed by atoms with Crippen LogP contribution in [-0.2, 0) is 4.79 Å².